The van der Waals surface area contributed by atoms with Crippen LogP contribution in [-0.2, 0) is 16.6 Å². The summed E-state index contributed by atoms with van der Waals surface area (Å²) in [6.45, 7) is 2.54. The molecule has 1 aromatic rings. The first-order valence-electron chi connectivity index (χ1n) is 5.88. The van der Waals surface area contributed by atoms with Crippen molar-refractivity contribution in [3.8, 4) is 0 Å². The zero-order valence-electron chi connectivity index (χ0n) is 10.7. The van der Waals surface area contributed by atoms with Gasteiger partial charge in [0.05, 0.1) is 0 Å². The number of hydrogen-bond acceptors (Lipinski definition) is 3. The van der Waals surface area contributed by atoms with Gasteiger partial charge in [0.1, 0.15) is 10.7 Å². The summed E-state index contributed by atoms with van der Waals surface area (Å²) in [5.41, 5.74) is 5.95. The molecule has 0 spiro atoms. The Kier molecular flexibility index (Phi) is 5.25. The molecule has 0 atom stereocenters. The van der Waals surface area contributed by atoms with Gasteiger partial charge >= 0.3 is 0 Å². The molecule has 0 aromatic heterocycles. The van der Waals surface area contributed by atoms with Crippen molar-refractivity contribution in [3.63, 3.8) is 0 Å². The number of sulfonamides is 1. The van der Waals surface area contributed by atoms with Gasteiger partial charge in [-0.25, -0.2) is 17.1 Å². The van der Waals surface area contributed by atoms with Crippen LogP contribution in [0.5, 0.6) is 0 Å². The summed E-state index contributed by atoms with van der Waals surface area (Å²) in [7, 11) is -2.29. The summed E-state index contributed by atoms with van der Waals surface area (Å²) in [6.07, 6.45) is 1.63. The van der Waals surface area contributed by atoms with E-state index < -0.39 is 15.8 Å². The summed E-state index contributed by atoms with van der Waals surface area (Å²) < 4.78 is 39.2. The normalized spacial score (nSPS) is 12.1. The maximum Gasteiger partial charge on any atom is 0.245 e. The number of benzene rings is 1. The molecule has 0 aliphatic heterocycles. The molecule has 0 radical (unpaired) electrons. The van der Waals surface area contributed by atoms with Crippen LogP contribution in [0.4, 0.5) is 4.39 Å². The average Bonchev–Trinajstić information content (AvgIpc) is 2.35. The Morgan fingerprint density at radius 2 is 2.06 bits per heavy atom. The van der Waals surface area contributed by atoms with Gasteiger partial charge in [-0.1, -0.05) is 19.4 Å². The highest BCUT2D eigenvalue weighted by molar-refractivity contribution is 7.89. The standard InChI is InChI=1S/C12H19FN2O2S/c1-3-4-7-15(2)18(16,17)12-6-5-10(9-14)8-11(12)13/h5-6,8H,3-4,7,9,14H2,1-2H3. The van der Waals surface area contributed by atoms with E-state index in [-0.39, 0.29) is 11.4 Å². The zero-order chi connectivity index (χ0) is 13.8. The molecule has 0 saturated carbocycles. The Bertz CT molecular complexity index is 503. The molecule has 2 N–H and O–H groups in total. The molecule has 102 valence electrons. The highest BCUT2D eigenvalue weighted by Gasteiger charge is 2.23. The number of nitrogens with two attached hydrogens (primary N) is 1. The SMILES string of the molecule is CCCCN(C)S(=O)(=O)c1ccc(CN)cc1F. The molecule has 0 amide bonds. The van der Waals surface area contributed by atoms with Crippen LogP contribution < -0.4 is 5.73 Å². The third-order valence-electron chi connectivity index (χ3n) is 2.75. The molecule has 0 bridgehead atoms. The lowest BCUT2D eigenvalue weighted by Crippen LogP contribution is -2.28. The van der Waals surface area contributed by atoms with Crippen molar-refractivity contribution in [1.29, 1.82) is 0 Å². The van der Waals surface area contributed by atoms with Gasteiger partial charge in [0, 0.05) is 20.1 Å². The Morgan fingerprint density at radius 1 is 1.39 bits per heavy atom. The highest BCUT2D eigenvalue weighted by Crippen LogP contribution is 2.19. The van der Waals surface area contributed by atoms with Gasteiger partial charge in [-0.3, -0.25) is 0 Å². The van der Waals surface area contributed by atoms with E-state index in [1.807, 2.05) is 6.92 Å². The molecule has 0 heterocycles. The van der Waals surface area contributed by atoms with Crippen molar-refractivity contribution in [1.82, 2.24) is 4.31 Å². The second-order valence-corrected chi connectivity index (χ2v) is 6.16. The van der Waals surface area contributed by atoms with E-state index >= 15 is 0 Å². The molecular weight excluding hydrogens is 255 g/mol. The lowest BCUT2D eigenvalue weighted by atomic mass is 10.2. The van der Waals surface area contributed by atoms with Gasteiger partial charge < -0.3 is 5.73 Å². The second-order valence-electron chi connectivity index (χ2n) is 4.15. The predicted molar refractivity (Wildman–Crippen MR) is 69.0 cm³/mol. The van der Waals surface area contributed by atoms with Crippen molar-refractivity contribution >= 4 is 10.0 Å². The van der Waals surface area contributed by atoms with Gasteiger partial charge in [0.2, 0.25) is 10.0 Å². The van der Waals surface area contributed by atoms with Gasteiger partial charge in [0.15, 0.2) is 0 Å². The van der Waals surface area contributed by atoms with Crippen LogP contribution in [0.25, 0.3) is 0 Å². The molecule has 0 aliphatic rings. The van der Waals surface area contributed by atoms with E-state index in [0.29, 0.717) is 12.1 Å². The van der Waals surface area contributed by atoms with E-state index in [2.05, 4.69) is 0 Å². The summed E-state index contributed by atoms with van der Waals surface area (Å²) in [4.78, 5) is -0.293. The largest absolute Gasteiger partial charge is 0.326 e. The fraction of sp³-hybridized carbons (Fsp3) is 0.500. The lowest BCUT2D eigenvalue weighted by molar-refractivity contribution is 0.453. The molecule has 0 aliphatic carbocycles. The van der Waals surface area contributed by atoms with Crippen molar-refractivity contribution < 1.29 is 12.8 Å². The third-order valence-corrected chi connectivity index (χ3v) is 4.64. The Hall–Kier alpha value is -0.980. The van der Waals surface area contributed by atoms with Gasteiger partial charge in [-0.2, -0.15) is 0 Å². The number of rotatable bonds is 6. The smallest absolute Gasteiger partial charge is 0.245 e. The molecular formula is C12H19FN2O2S. The number of unbranched alkanes of at least 4 members (excludes halogenated alkanes) is 1. The molecule has 1 aromatic carbocycles. The first-order chi connectivity index (χ1) is 8.43. The van der Waals surface area contributed by atoms with E-state index in [1.54, 1.807) is 0 Å². The lowest BCUT2D eigenvalue weighted by Gasteiger charge is -2.17. The average molecular weight is 274 g/mol. The number of nitrogens with zero attached hydrogens (tertiary/aromatic N) is 1. The number of halogens is 1. The monoisotopic (exact) mass is 274 g/mol. The Balaban J connectivity index is 3.05. The van der Waals surface area contributed by atoms with Gasteiger partial charge in [-0.05, 0) is 24.1 Å². The summed E-state index contributed by atoms with van der Waals surface area (Å²) in [5, 5.41) is 0. The van der Waals surface area contributed by atoms with Crippen LogP contribution in [0.2, 0.25) is 0 Å². The van der Waals surface area contributed by atoms with Crippen LogP contribution in [0, 0.1) is 5.82 Å². The Morgan fingerprint density at radius 3 is 2.56 bits per heavy atom. The topological polar surface area (TPSA) is 63.4 Å². The molecule has 0 unspecified atom stereocenters. The minimum absolute atomic E-state index is 0.183. The second kappa shape index (κ2) is 6.26. The van der Waals surface area contributed by atoms with Gasteiger partial charge in [-0.15, -0.1) is 0 Å². The summed E-state index contributed by atoms with van der Waals surface area (Å²) >= 11 is 0. The quantitative estimate of drug-likeness (QED) is 0.859. The van der Waals surface area contributed by atoms with Crippen LogP contribution in [0.15, 0.2) is 23.1 Å². The van der Waals surface area contributed by atoms with E-state index in [1.165, 1.54) is 29.6 Å². The predicted octanol–water partition coefficient (Wildman–Crippen LogP) is 1.71. The molecule has 0 fully saturated rings. The van der Waals surface area contributed by atoms with Crippen LogP contribution >= 0.6 is 0 Å². The summed E-state index contributed by atoms with van der Waals surface area (Å²) in [5.74, 6) is -0.749. The first-order valence-corrected chi connectivity index (χ1v) is 7.32. The van der Waals surface area contributed by atoms with Crippen LogP contribution in [0.3, 0.4) is 0 Å². The van der Waals surface area contributed by atoms with Crippen molar-refractivity contribution in [3.05, 3.63) is 29.6 Å². The maximum absolute atomic E-state index is 13.8. The molecule has 0 saturated heterocycles. The summed E-state index contributed by atoms with van der Waals surface area (Å²) in [6, 6.07) is 3.97. The third kappa shape index (κ3) is 3.28. The fourth-order valence-electron chi connectivity index (χ4n) is 1.55. The highest BCUT2D eigenvalue weighted by atomic mass is 32.2. The van der Waals surface area contributed by atoms with E-state index in [9.17, 15) is 12.8 Å². The van der Waals surface area contributed by atoms with E-state index in [4.69, 9.17) is 5.73 Å². The fourth-order valence-corrected chi connectivity index (χ4v) is 2.80. The van der Waals surface area contributed by atoms with Crippen molar-refractivity contribution in [2.75, 3.05) is 13.6 Å². The molecule has 1 rings (SSSR count). The Labute approximate surface area is 108 Å². The van der Waals surface area contributed by atoms with E-state index in [0.717, 1.165) is 12.8 Å². The van der Waals surface area contributed by atoms with Gasteiger partial charge in [0.25, 0.3) is 0 Å². The van der Waals surface area contributed by atoms with Crippen LogP contribution in [0.1, 0.15) is 25.3 Å². The van der Waals surface area contributed by atoms with Crippen molar-refractivity contribution in [2.45, 2.75) is 31.2 Å². The first kappa shape index (κ1) is 15.1. The molecule has 18 heavy (non-hydrogen) atoms. The molecule has 6 heteroatoms. The minimum atomic E-state index is -3.75. The number of hydrogen-bond donors (Lipinski definition) is 1. The molecule has 4 nitrogen and oxygen atoms in total. The van der Waals surface area contributed by atoms with Crippen molar-refractivity contribution in [2.24, 2.45) is 5.73 Å². The maximum atomic E-state index is 13.8. The van der Waals surface area contributed by atoms with Crippen LogP contribution in [-0.4, -0.2) is 26.3 Å². The minimum Gasteiger partial charge on any atom is -0.326 e. The zero-order valence-corrected chi connectivity index (χ0v) is 11.5.